The van der Waals surface area contributed by atoms with Crippen molar-refractivity contribution in [1.82, 2.24) is 10.2 Å². The summed E-state index contributed by atoms with van der Waals surface area (Å²) in [6.45, 7) is 4.27. The summed E-state index contributed by atoms with van der Waals surface area (Å²) < 4.78 is 5.49. The SMILES string of the molecule is CCN(C(=O)CCCCNC(=O)OCC1c2ccccc2-c2ccccc21)C(C)C(=O)O. The Hall–Kier alpha value is -3.35. The van der Waals surface area contributed by atoms with E-state index in [1.165, 1.54) is 23.0 Å². The number of benzene rings is 2. The minimum atomic E-state index is -1.02. The number of carboxylic acid groups (broad SMARTS) is 1. The average molecular weight is 439 g/mol. The van der Waals surface area contributed by atoms with Crippen LogP contribution < -0.4 is 5.32 Å². The van der Waals surface area contributed by atoms with E-state index < -0.39 is 18.1 Å². The summed E-state index contributed by atoms with van der Waals surface area (Å²) >= 11 is 0. The van der Waals surface area contributed by atoms with Gasteiger partial charge in [-0.2, -0.15) is 0 Å². The quantitative estimate of drug-likeness (QED) is 0.546. The number of ether oxygens (including phenoxy) is 1. The summed E-state index contributed by atoms with van der Waals surface area (Å²) in [5.74, 6) is -1.19. The number of carbonyl (C=O) groups excluding carboxylic acids is 2. The molecule has 2 N–H and O–H groups in total. The van der Waals surface area contributed by atoms with Gasteiger partial charge < -0.3 is 20.1 Å². The monoisotopic (exact) mass is 438 g/mol. The molecule has 0 heterocycles. The van der Waals surface area contributed by atoms with Crippen molar-refractivity contribution in [1.29, 1.82) is 0 Å². The lowest BCUT2D eigenvalue weighted by Gasteiger charge is -2.25. The molecule has 32 heavy (non-hydrogen) atoms. The molecule has 0 aromatic heterocycles. The maximum absolute atomic E-state index is 12.2. The third-order valence-electron chi connectivity index (χ3n) is 5.92. The first kappa shape index (κ1) is 23.3. The lowest BCUT2D eigenvalue weighted by Crippen LogP contribution is -2.43. The summed E-state index contributed by atoms with van der Waals surface area (Å²) in [6, 6.07) is 15.5. The summed E-state index contributed by atoms with van der Waals surface area (Å²) in [6.07, 6.45) is 0.936. The van der Waals surface area contributed by atoms with Crippen LogP contribution in [0.3, 0.4) is 0 Å². The minimum Gasteiger partial charge on any atom is -0.480 e. The number of nitrogens with one attached hydrogen (secondary N) is 1. The van der Waals surface area contributed by atoms with Crippen molar-refractivity contribution in [2.24, 2.45) is 0 Å². The molecule has 1 aliphatic carbocycles. The normalized spacial score (nSPS) is 13.1. The smallest absolute Gasteiger partial charge is 0.407 e. The molecule has 3 rings (SSSR count). The van der Waals surface area contributed by atoms with E-state index in [1.807, 2.05) is 24.3 Å². The largest absolute Gasteiger partial charge is 0.480 e. The zero-order valence-corrected chi connectivity index (χ0v) is 18.5. The summed E-state index contributed by atoms with van der Waals surface area (Å²) in [5, 5.41) is 11.8. The Balaban J connectivity index is 1.41. The summed E-state index contributed by atoms with van der Waals surface area (Å²) in [4.78, 5) is 36.8. The predicted molar refractivity (Wildman–Crippen MR) is 121 cm³/mol. The van der Waals surface area contributed by atoms with Gasteiger partial charge in [0.05, 0.1) is 0 Å². The van der Waals surface area contributed by atoms with Gasteiger partial charge >= 0.3 is 12.1 Å². The fraction of sp³-hybridized carbons (Fsp3) is 0.400. The fourth-order valence-corrected chi connectivity index (χ4v) is 4.18. The first-order valence-electron chi connectivity index (χ1n) is 11.0. The molecule has 170 valence electrons. The molecular formula is C25H30N2O5. The summed E-state index contributed by atoms with van der Waals surface area (Å²) in [5.41, 5.74) is 4.69. The first-order chi connectivity index (χ1) is 15.4. The Labute approximate surface area is 188 Å². The van der Waals surface area contributed by atoms with Crippen LogP contribution in [-0.4, -0.2) is 53.7 Å². The van der Waals surface area contributed by atoms with Gasteiger partial charge in [-0.1, -0.05) is 48.5 Å². The van der Waals surface area contributed by atoms with E-state index in [9.17, 15) is 14.4 Å². The molecule has 2 amide bonds. The number of nitrogens with zero attached hydrogens (tertiary/aromatic N) is 1. The van der Waals surface area contributed by atoms with Crippen molar-refractivity contribution >= 4 is 18.0 Å². The molecule has 0 saturated carbocycles. The molecular weight excluding hydrogens is 408 g/mol. The zero-order chi connectivity index (χ0) is 23.1. The third-order valence-corrected chi connectivity index (χ3v) is 5.92. The predicted octanol–water partition coefficient (Wildman–Crippen LogP) is 4.02. The number of amides is 2. The molecule has 7 nitrogen and oxygen atoms in total. The molecule has 0 spiro atoms. The van der Waals surface area contributed by atoms with Gasteiger partial charge in [-0.15, -0.1) is 0 Å². The second kappa shape index (κ2) is 10.8. The number of carbonyl (C=O) groups is 3. The topological polar surface area (TPSA) is 95.9 Å². The van der Waals surface area contributed by atoms with E-state index in [2.05, 4.69) is 29.6 Å². The Kier molecular flexibility index (Phi) is 7.87. The van der Waals surface area contributed by atoms with Crippen LogP contribution in [0.15, 0.2) is 48.5 Å². The Bertz CT molecular complexity index is 929. The van der Waals surface area contributed by atoms with Gasteiger partial charge in [-0.3, -0.25) is 4.79 Å². The van der Waals surface area contributed by atoms with E-state index in [1.54, 1.807) is 6.92 Å². The van der Waals surface area contributed by atoms with Gasteiger partial charge in [-0.05, 0) is 48.9 Å². The van der Waals surface area contributed by atoms with Crippen LogP contribution in [0.5, 0.6) is 0 Å². The van der Waals surface area contributed by atoms with Crippen molar-refractivity contribution in [3.63, 3.8) is 0 Å². The molecule has 1 unspecified atom stereocenters. The first-order valence-corrected chi connectivity index (χ1v) is 11.0. The zero-order valence-electron chi connectivity index (χ0n) is 18.5. The number of likely N-dealkylation sites (N-methyl/N-ethyl adjacent to an activating group) is 1. The number of rotatable bonds is 10. The van der Waals surface area contributed by atoms with Crippen molar-refractivity contribution in [2.45, 2.75) is 45.1 Å². The Morgan fingerprint density at radius 3 is 2.19 bits per heavy atom. The molecule has 0 aliphatic heterocycles. The summed E-state index contributed by atoms with van der Waals surface area (Å²) in [7, 11) is 0. The number of carboxylic acids is 1. The van der Waals surface area contributed by atoms with Crippen LogP contribution in [0, 0.1) is 0 Å². The molecule has 0 radical (unpaired) electrons. The second-order valence-electron chi connectivity index (χ2n) is 7.90. The third kappa shape index (κ3) is 5.28. The molecule has 0 bridgehead atoms. The number of aliphatic carboxylic acids is 1. The highest BCUT2D eigenvalue weighted by Crippen LogP contribution is 2.44. The average Bonchev–Trinajstić information content (AvgIpc) is 3.11. The molecule has 2 aromatic carbocycles. The highest BCUT2D eigenvalue weighted by molar-refractivity contribution is 5.83. The lowest BCUT2D eigenvalue weighted by molar-refractivity contribution is -0.149. The number of alkyl carbamates (subject to hydrolysis) is 1. The lowest BCUT2D eigenvalue weighted by atomic mass is 9.98. The van der Waals surface area contributed by atoms with Crippen molar-refractivity contribution in [3.8, 4) is 11.1 Å². The van der Waals surface area contributed by atoms with Gasteiger partial charge in [0.15, 0.2) is 0 Å². The maximum atomic E-state index is 12.2. The number of fused-ring (bicyclic) bond motifs is 3. The standard InChI is InChI=1S/C25H30N2O5/c1-3-27(17(2)24(29)30)23(28)14-8-9-15-26-25(31)32-16-22-20-12-6-4-10-18(20)19-11-5-7-13-21(19)22/h4-7,10-13,17,22H,3,8-9,14-16H2,1-2H3,(H,26,31)(H,29,30). The second-order valence-corrected chi connectivity index (χ2v) is 7.90. The molecule has 1 atom stereocenters. The highest BCUT2D eigenvalue weighted by atomic mass is 16.5. The van der Waals surface area contributed by atoms with Gasteiger partial charge in [0.25, 0.3) is 0 Å². The number of hydrogen-bond donors (Lipinski definition) is 2. The van der Waals surface area contributed by atoms with Crippen molar-refractivity contribution < 1.29 is 24.2 Å². The van der Waals surface area contributed by atoms with Gasteiger partial charge in [0, 0.05) is 25.4 Å². The van der Waals surface area contributed by atoms with E-state index >= 15 is 0 Å². The minimum absolute atomic E-state index is 0.0158. The van der Waals surface area contributed by atoms with E-state index in [4.69, 9.17) is 9.84 Å². The molecule has 0 fully saturated rings. The van der Waals surface area contributed by atoms with Crippen molar-refractivity contribution in [3.05, 3.63) is 59.7 Å². The highest BCUT2D eigenvalue weighted by Gasteiger charge is 2.29. The Morgan fingerprint density at radius 2 is 1.62 bits per heavy atom. The van der Waals surface area contributed by atoms with E-state index in [-0.39, 0.29) is 24.9 Å². The Morgan fingerprint density at radius 1 is 1.03 bits per heavy atom. The molecule has 0 saturated heterocycles. The van der Waals surface area contributed by atoms with Gasteiger partial charge in [-0.25, -0.2) is 9.59 Å². The number of hydrogen-bond acceptors (Lipinski definition) is 4. The number of unbranched alkanes of at least 4 members (excludes halogenated alkanes) is 1. The molecule has 2 aromatic rings. The van der Waals surface area contributed by atoms with E-state index in [0.717, 1.165) is 11.1 Å². The van der Waals surface area contributed by atoms with Crippen LogP contribution in [0.25, 0.3) is 11.1 Å². The van der Waals surface area contributed by atoms with Crippen LogP contribution in [0.2, 0.25) is 0 Å². The fourth-order valence-electron chi connectivity index (χ4n) is 4.18. The van der Waals surface area contributed by atoms with Crippen molar-refractivity contribution in [2.75, 3.05) is 19.7 Å². The van der Waals surface area contributed by atoms with E-state index in [0.29, 0.717) is 25.9 Å². The van der Waals surface area contributed by atoms with Crippen LogP contribution in [-0.2, 0) is 14.3 Å². The van der Waals surface area contributed by atoms with Crippen LogP contribution in [0.1, 0.15) is 50.2 Å². The van der Waals surface area contributed by atoms with Gasteiger partial charge in [0.1, 0.15) is 12.6 Å². The molecule has 7 heteroatoms. The maximum Gasteiger partial charge on any atom is 0.407 e. The van der Waals surface area contributed by atoms with Gasteiger partial charge in [0.2, 0.25) is 5.91 Å². The van der Waals surface area contributed by atoms with Crippen LogP contribution >= 0.6 is 0 Å². The van der Waals surface area contributed by atoms with Crippen LogP contribution in [0.4, 0.5) is 4.79 Å². The molecule has 1 aliphatic rings.